The van der Waals surface area contributed by atoms with Gasteiger partial charge in [-0.1, -0.05) is 13.8 Å². The van der Waals surface area contributed by atoms with Gasteiger partial charge in [-0.3, -0.25) is 4.79 Å². The minimum atomic E-state index is -0.323. The molecule has 0 unspecified atom stereocenters. The molecule has 2 aromatic heterocycles. The van der Waals surface area contributed by atoms with Crippen molar-refractivity contribution in [2.75, 3.05) is 23.7 Å². The molecule has 6 nitrogen and oxygen atoms in total. The lowest BCUT2D eigenvalue weighted by Gasteiger charge is -2.08. The third kappa shape index (κ3) is 4.04. The normalized spacial score (nSPS) is 10.8. The Kier molecular flexibility index (Phi) is 5.32. The van der Waals surface area contributed by atoms with Gasteiger partial charge in [0.05, 0.1) is 5.39 Å². The van der Waals surface area contributed by atoms with E-state index in [4.69, 9.17) is 5.73 Å². The van der Waals surface area contributed by atoms with Crippen LogP contribution in [0, 0.1) is 0 Å². The molecule has 0 aliphatic heterocycles. The summed E-state index contributed by atoms with van der Waals surface area (Å²) in [6.07, 6.45) is 2.27. The zero-order chi connectivity index (χ0) is 15.2. The molecule has 1 amide bonds. The first-order chi connectivity index (χ1) is 10.1. The van der Waals surface area contributed by atoms with Gasteiger partial charge < -0.3 is 16.4 Å². The number of nitrogens with two attached hydrogens (primary N) is 1. The molecule has 0 aromatic carbocycles. The Hall–Kier alpha value is -1.89. The molecule has 7 heteroatoms. The highest BCUT2D eigenvalue weighted by Gasteiger charge is 2.11. The third-order valence-corrected chi connectivity index (χ3v) is 4.16. The molecule has 0 saturated heterocycles. The first-order valence-corrected chi connectivity index (χ1v) is 8.02. The van der Waals surface area contributed by atoms with E-state index in [1.807, 2.05) is 0 Å². The molecule has 4 N–H and O–H groups in total. The van der Waals surface area contributed by atoms with Crippen LogP contribution in [0.15, 0.2) is 6.07 Å². The smallest absolute Gasteiger partial charge is 0.226 e. The van der Waals surface area contributed by atoms with E-state index < -0.39 is 0 Å². The van der Waals surface area contributed by atoms with Crippen LogP contribution in [0.5, 0.6) is 0 Å². The van der Waals surface area contributed by atoms with Crippen LogP contribution in [0.2, 0.25) is 0 Å². The van der Waals surface area contributed by atoms with E-state index in [0.717, 1.165) is 35.4 Å². The molecule has 0 aliphatic carbocycles. The van der Waals surface area contributed by atoms with Crippen molar-refractivity contribution in [3.8, 4) is 0 Å². The molecule has 0 spiro atoms. The molecule has 0 atom stereocenters. The van der Waals surface area contributed by atoms with Crippen molar-refractivity contribution >= 4 is 39.2 Å². The molecule has 0 radical (unpaired) electrons. The first-order valence-electron chi connectivity index (χ1n) is 7.20. The number of aryl methyl sites for hydroxylation is 1. The number of fused-ring (bicyclic) bond motifs is 1. The fourth-order valence-corrected chi connectivity index (χ4v) is 2.87. The van der Waals surface area contributed by atoms with Gasteiger partial charge in [-0.05, 0) is 18.9 Å². The van der Waals surface area contributed by atoms with Crippen LogP contribution in [0.25, 0.3) is 10.2 Å². The maximum absolute atomic E-state index is 10.9. The minimum absolute atomic E-state index is 0.286. The topological polar surface area (TPSA) is 92.9 Å². The number of aromatic nitrogens is 2. The van der Waals surface area contributed by atoms with Crippen molar-refractivity contribution in [3.05, 3.63) is 10.9 Å². The van der Waals surface area contributed by atoms with E-state index in [0.29, 0.717) is 12.5 Å². The van der Waals surface area contributed by atoms with Crippen LogP contribution < -0.4 is 16.4 Å². The number of rotatable bonds is 8. The fraction of sp³-hybridized carbons (Fsp3) is 0.500. The second kappa shape index (κ2) is 7.21. The van der Waals surface area contributed by atoms with Gasteiger partial charge in [0.2, 0.25) is 11.9 Å². The lowest BCUT2D eigenvalue weighted by Crippen LogP contribution is -2.16. The predicted octanol–water partition coefficient (Wildman–Crippen LogP) is 2.36. The monoisotopic (exact) mass is 307 g/mol. The van der Waals surface area contributed by atoms with Crippen LogP contribution in [-0.4, -0.2) is 29.0 Å². The summed E-state index contributed by atoms with van der Waals surface area (Å²) in [5.41, 5.74) is 5.17. The Labute approximate surface area is 128 Å². The maximum atomic E-state index is 10.9. The van der Waals surface area contributed by atoms with Gasteiger partial charge in [-0.25, -0.2) is 4.98 Å². The van der Waals surface area contributed by atoms with Crippen LogP contribution in [0.4, 0.5) is 11.8 Å². The summed E-state index contributed by atoms with van der Waals surface area (Å²) < 4.78 is 0. The Bertz CT molecular complexity index is 625. The van der Waals surface area contributed by atoms with Gasteiger partial charge in [0.25, 0.3) is 0 Å². The van der Waals surface area contributed by atoms with E-state index in [-0.39, 0.29) is 12.3 Å². The Morgan fingerprint density at radius 1 is 1.29 bits per heavy atom. The molecule has 0 saturated carbocycles. The molecule has 0 aliphatic rings. The SMILES string of the molecule is CCCNc1nc(NCCC(N)=O)c2cc(CC)sc2n1. The zero-order valence-corrected chi connectivity index (χ0v) is 13.2. The number of primary amides is 1. The highest BCUT2D eigenvalue weighted by Crippen LogP contribution is 2.30. The van der Waals surface area contributed by atoms with Crippen LogP contribution in [0.3, 0.4) is 0 Å². The Morgan fingerprint density at radius 3 is 2.76 bits per heavy atom. The summed E-state index contributed by atoms with van der Waals surface area (Å²) in [7, 11) is 0. The summed E-state index contributed by atoms with van der Waals surface area (Å²) in [5.74, 6) is 1.06. The van der Waals surface area contributed by atoms with Crippen molar-refractivity contribution in [1.82, 2.24) is 9.97 Å². The number of hydrogen-bond acceptors (Lipinski definition) is 6. The molecule has 21 heavy (non-hydrogen) atoms. The molecule has 0 fully saturated rings. The maximum Gasteiger partial charge on any atom is 0.226 e. The fourth-order valence-electron chi connectivity index (χ4n) is 1.90. The highest BCUT2D eigenvalue weighted by atomic mass is 32.1. The molecule has 0 bridgehead atoms. The van der Waals surface area contributed by atoms with Gasteiger partial charge in [-0.15, -0.1) is 11.3 Å². The minimum Gasteiger partial charge on any atom is -0.370 e. The van der Waals surface area contributed by atoms with Crippen molar-refractivity contribution < 1.29 is 4.79 Å². The third-order valence-electron chi connectivity index (χ3n) is 2.99. The lowest BCUT2D eigenvalue weighted by atomic mass is 10.3. The number of carbonyl (C=O) groups excluding carboxylic acids is 1. The van der Waals surface area contributed by atoms with E-state index in [9.17, 15) is 4.79 Å². The van der Waals surface area contributed by atoms with Crippen LogP contribution in [-0.2, 0) is 11.2 Å². The highest BCUT2D eigenvalue weighted by molar-refractivity contribution is 7.18. The molecular formula is C14H21N5OS. The van der Waals surface area contributed by atoms with Gasteiger partial charge in [0, 0.05) is 24.4 Å². The van der Waals surface area contributed by atoms with Gasteiger partial charge in [0.15, 0.2) is 0 Å². The van der Waals surface area contributed by atoms with Crippen molar-refractivity contribution in [2.24, 2.45) is 5.73 Å². The van der Waals surface area contributed by atoms with Gasteiger partial charge in [0.1, 0.15) is 10.6 Å². The summed E-state index contributed by atoms with van der Waals surface area (Å²) in [6, 6.07) is 2.11. The number of hydrogen-bond donors (Lipinski definition) is 3. The van der Waals surface area contributed by atoms with E-state index >= 15 is 0 Å². The number of nitrogens with zero attached hydrogens (tertiary/aromatic N) is 2. The summed E-state index contributed by atoms with van der Waals surface area (Å²) in [5, 5.41) is 7.40. The van der Waals surface area contributed by atoms with Crippen molar-refractivity contribution in [1.29, 1.82) is 0 Å². The average molecular weight is 307 g/mol. The number of amides is 1. The number of nitrogens with one attached hydrogen (secondary N) is 2. The number of anilines is 2. The zero-order valence-electron chi connectivity index (χ0n) is 12.4. The van der Waals surface area contributed by atoms with Crippen molar-refractivity contribution in [2.45, 2.75) is 33.1 Å². The average Bonchev–Trinajstić information content (AvgIpc) is 2.88. The van der Waals surface area contributed by atoms with Crippen LogP contribution >= 0.6 is 11.3 Å². The standard InChI is InChI=1S/C14H21N5OS/c1-3-6-17-14-18-12(16-7-5-11(15)20)10-8-9(4-2)21-13(10)19-14/h8H,3-7H2,1-2H3,(H2,15,20)(H2,16,17,18,19). The number of carbonyl (C=O) groups is 1. The quantitative estimate of drug-likeness (QED) is 0.696. The largest absolute Gasteiger partial charge is 0.370 e. The summed E-state index contributed by atoms with van der Waals surface area (Å²) >= 11 is 1.68. The van der Waals surface area contributed by atoms with Gasteiger partial charge >= 0.3 is 0 Å². The predicted molar refractivity (Wildman–Crippen MR) is 87.9 cm³/mol. The van der Waals surface area contributed by atoms with Crippen LogP contribution in [0.1, 0.15) is 31.6 Å². The van der Waals surface area contributed by atoms with Crippen molar-refractivity contribution in [3.63, 3.8) is 0 Å². The second-order valence-electron chi connectivity index (χ2n) is 4.75. The molecule has 2 heterocycles. The van der Waals surface area contributed by atoms with E-state index in [1.54, 1.807) is 11.3 Å². The van der Waals surface area contributed by atoms with E-state index in [1.165, 1.54) is 4.88 Å². The first kappa shape index (κ1) is 15.5. The Balaban J connectivity index is 2.28. The van der Waals surface area contributed by atoms with E-state index in [2.05, 4.69) is 40.5 Å². The van der Waals surface area contributed by atoms with Gasteiger partial charge in [-0.2, -0.15) is 4.98 Å². The Morgan fingerprint density at radius 2 is 2.10 bits per heavy atom. The molecule has 2 rings (SSSR count). The summed E-state index contributed by atoms with van der Waals surface area (Å²) in [4.78, 5) is 22.1. The lowest BCUT2D eigenvalue weighted by molar-refractivity contribution is -0.117. The molecular weight excluding hydrogens is 286 g/mol. The second-order valence-corrected chi connectivity index (χ2v) is 5.87. The number of thiophene rings is 1. The molecule has 114 valence electrons. The molecule has 2 aromatic rings. The summed E-state index contributed by atoms with van der Waals surface area (Å²) in [6.45, 7) is 5.52.